The van der Waals surface area contributed by atoms with Crippen LogP contribution in [0, 0.1) is 0 Å². The molecule has 6 nitrogen and oxygen atoms in total. The van der Waals surface area contributed by atoms with Gasteiger partial charge in [0.15, 0.2) is 0 Å². The molecule has 0 bridgehead atoms. The monoisotopic (exact) mass is 367 g/mol. The molecule has 1 aliphatic rings. The maximum Gasteiger partial charge on any atom is 0.319 e. The molecule has 3 amide bonds. The Labute approximate surface area is 159 Å². The summed E-state index contributed by atoms with van der Waals surface area (Å²) in [6.45, 7) is 3.58. The summed E-state index contributed by atoms with van der Waals surface area (Å²) < 4.78 is 5.47. The average molecular weight is 367 g/mol. The molecule has 27 heavy (non-hydrogen) atoms. The normalized spacial score (nSPS) is 13.1. The molecule has 0 atom stereocenters. The van der Waals surface area contributed by atoms with Crippen LogP contribution in [0.15, 0.2) is 48.5 Å². The van der Waals surface area contributed by atoms with Crippen LogP contribution < -0.4 is 16.0 Å². The zero-order valence-corrected chi connectivity index (χ0v) is 15.5. The quantitative estimate of drug-likeness (QED) is 0.669. The van der Waals surface area contributed by atoms with Gasteiger partial charge in [-0.15, -0.1) is 0 Å². The first-order valence-electron chi connectivity index (χ1n) is 9.26. The highest BCUT2D eigenvalue weighted by molar-refractivity contribution is 5.95. The molecule has 0 radical (unpaired) electrons. The predicted octanol–water partition coefficient (Wildman–Crippen LogP) is 3.44. The lowest BCUT2D eigenvalue weighted by molar-refractivity contribution is 0.0950. The van der Waals surface area contributed by atoms with Crippen LogP contribution >= 0.6 is 0 Å². The topological polar surface area (TPSA) is 79.5 Å². The molecule has 2 aromatic rings. The molecule has 2 aromatic carbocycles. The van der Waals surface area contributed by atoms with Crippen LogP contribution in [-0.2, 0) is 17.9 Å². The van der Waals surface area contributed by atoms with Gasteiger partial charge in [0.25, 0.3) is 5.91 Å². The van der Waals surface area contributed by atoms with E-state index in [-0.39, 0.29) is 11.9 Å². The van der Waals surface area contributed by atoms with Crippen LogP contribution in [0.1, 0.15) is 41.3 Å². The molecule has 1 saturated carbocycles. The van der Waals surface area contributed by atoms with E-state index in [1.807, 2.05) is 31.2 Å². The van der Waals surface area contributed by atoms with Gasteiger partial charge in [0.1, 0.15) is 0 Å². The molecule has 0 aliphatic heterocycles. The second-order valence-corrected chi connectivity index (χ2v) is 6.54. The van der Waals surface area contributed by atoms with Gasteiger partial charge in [-0.25, -0.2) is 4.79 Å². The van der Waals surface area contributed by atoms with Gasteiger partial charge in [0, 0.05) is 30.4 Å². The molecule has 0 heterocycles. The van der Waals surface area contributed by atoms with Crippen LogP contribution in [0.2, 0.25) is 0 Å². The van der Waals surface area contributed by atoms with E-state index in [1.54, 1.807) is 24.3 Å². The zero-order chi connectivity index (χ0) is 19.1. The highest BCUT2D eigenvalue weighted by Gasteiger charge is 2.23. The maximum absolute atomic E-state index is 12.4. The Hall–Kier alpha value is -2.86. The van der Waals surface area contributed by atoms with E-state index in [2.05, 4.69) is 16.0 Å². The first kappa shape index (κ1) is 18.9. The largest absolute Gasteiger partial charge is 0.377 e. The molecule has 3 rings (SSSR count). The fourth-order valence-corrected chi connectivity index (χ4v) is 2.65. The van der Waals surface area contributed by atoms with Crippen molar-refractivity contribution in [1.82, 2.24) is 10.6 Å². The number of nitrogens with one attached hydrogen (secondary N) is 3. The summed E-state index contributed by atoms with van der Waals surface area (Å²) in [7, 11) is 0. The van der Waals surface area contributed by atoms with E-state index in [1.165, 1.54) is 0 Å². The molecule has 1 aliphatic carbocycles. The maximum atomic E-state index is 12.4. The van der Waals surface area contributed by atoms with Crippen molar-refractivity contribution in [3.05, 3.63) is 65.2 Å². The summed E-state index contributed by atoms with van der Waals surface area (Å²) in [5.74, 6) is -0.157. The molecule has 0 spiro atoms. The Balaban J connectivity index is 1.53. The van der Waals surface area contributed by atoms with Gasteiger partial charge in [0.2, 0.25) is 0 Å². The van der Waals surface area contributed by atoms with E-state index in [0.717, 1.165) is 24.0 Å². The Bertz CT molecular complexity index is 786. The van der Waals surface area contributed by atoms with Crippen LogP contribution in [-0.4, -0.2) is 24.6 Å². The SMILES string of the molecule is CCOCc1ccccc1CNC(=O)c1ccc(NC(=O)NC2CC2)cc1. The van der Waals surface area contributed by atoms with Crippen molar-refractivity contribution >= 4 is 17.6 Å². The molecule has 1 fully saturated rings. The van der Waals surface area contributed by atoms with Crippen molar-refractivity contribution in [2.45, 2.75) is 39.0 Å². The van der Waals surface area contributed by atoms with Crippen molar-refractivity contribution in [3.63, 3.8) is 0 Å². The van der Waals surface area contributed by atoms with Gasteiger partial charge >= 0.3 is 6.03 Å². The number of rotatable bonds is 8. The number of urea groups is 1. The van der Waals surface area contributed by atoms with Crippen LogP contribution in [0.5, 0.6) is 0 Å². The summed E-state index contributed by atoms with van der Waals surface area (Å²) in [5, 5.41) is 8.56. The molecule has 6 heteroatoms. The van der Waals surface area contributed by atoms with Gasteiger partial charge in [-0.3, -0.25) is 4.79 Å². The second-order valence-electron chi connectivity index (χ2n) is 6.54. The van der Waals surface area contributed by atoms with Crippen molar-refractivity contribution in [3.8, 4) is 0 Å². The molecule has 0 unspecified atom stereocenters. The van der Waals surface area contributed by atoms with E-state index in [4.69, 9.17) is 4.74 Å². The number of hydrogen-bond acceptors (Lipinski definition) is 3. The summed E-state index contributed by atoms with van der Waals surface area (Å²) in [6.07, 6.45) is 2.08. The molecule has 142 valence electrons. The Morgan fingerprint density at radius 2 is 1.74 bits per heavy atom. The number of anilines is 1. The van der Waals surface area contributed by atoms with E-state index in [0.29, 0.717) is 37.1 Å². The number of ether oxygens (including phenoxy) is 1. The van der Waals surface area contributed by atoms with Crippen LogP contribution in [0.25, 0.3) is 0 Å². The first-order chi connectivity index (χ1) is 13.2. The third-order valence-corrected chi connectivity index (χ3v) is 4.34. The van der Waals surface area contributed by atoms with Gasteiger partial charge in [-0.2, -0.15) is 0 Å². The zero-order valence-electron chi connectivity index (χ0n) is 15.5. The fourth-order valence-electron chi connectivity index (χ4n) is 2.65. The first-order valence-corrected chi connectivity index (χ1v) is 9.26. The molecule has 0 aromatic heterocycles. The Kier molecular flexibility index (Phi) is 6.44. The lowest BCUT2D eigenvalue weighted by Crippen LogP contribution is -2.30. The highest BCUT2D eigenvalue weighted by Crippen LogP contribution is 2.19. The van der Waals surface area contributed by atoms with Crippen LogP contribution in [0.3, 0.4) is 0 Å². The van der Waals surface area contributed by atoms with Crippen LogP contribution in [0.4, 0.5) is 10.5 Å². The van der Waals surface area contributed by atoms with Crippen molar-refractivity contribution in [2.75, 3.05) is 11.9 Å². The number of benzene rings is 2. The van der Waals surface area contributed by atoms with E-state index >= 15 is 0 Å². The number of carbonyl (C=O) groups is 2. The van der Waals surface area contributed by atoms with Gasteiger partial charge < -0.3 is 20.7 Å². The minimum Gasteiger partial charge on any atom is -0.377 e. The lowest BCUT2D eigenvalue weighted by atomic mass is 10.1. The smallest absolute Gasteiger partial charge is 0.319 e. The Morgan fingerprint density at radius 3 is 2.41 bits per heavy atom. The standard InChI is InChI=1S/C21H25N3O3/c1-2-27-14-17-6-4-3-5-16(17)13-22-20(25)15-7-9-18(10-8-15)23-21(26)24-19-11-12-19/h3-10,19H,2,11-14H2,1H3,(H,22,25)(H2,23,24,26). The highest BCUT2D eigenvalue weighted by atomic mass is 16.5. The third kappa shape index (κ3) is 5.82. The average Bonchev–Trinajstić information content (AvgIpc) is 3.49. The molecular formula is C21H25N3O3. The molecule has 3 N–H and O–H groups in total. The predicted molar refractivity (Wildman–Crippen MR) is 105 cm³/mol. The van der Waals surface area contributed by atoms with E-state index < -0.39 is 0 Å². The van der Waals surface area contributed by atoms with Crippen molar-refractivity contribution in [2.24, 2.45) is 0 Å². The fraction of sp³-hybridized carbons (Fsp3) is 0.333. The number of carbonyl (C=O) groups excluding carboxylic acids is 2. The lowest BCUT2D eigenvalue weighted by Gasteiger charge is -2.11. The molecule has 0 saturated heterocycles. The van der Waals surface area contributed by atoms with Crippen molar-refractivity contribution in [1.29, 1.82) is 0 Å². The Morgan fingerprint density at radius 1 is 1.04 bits per heavy atom. The second kappa shape index (κ2) is 9.19. The summed E-state index contributed by atoms with van der Waals surface area (Å²) in [5.41, 5.74) is 3.31. The van der Waals surface area contributed by atoms with Gasteiger partial charge in [-0.05, 0) is 55.2 Å². The minimum absolute atomic E-state index is 0.157. The molecular weight excluding hydrogens is 342 g/mol. The third-order valence-electron chi connectivity index (χ3n) is 4.34. The van der Waals surface area contributed by atoms with E-state index in [9.17, 15) is 9.59 Å². The van der Waals surface area contributed by atoms with Gasteiger partial charge in [-0.1, -0.05) is 24.3 Å². The summed E-state index contributed by atoms with van der Waals surface area (Å²) in [6, 6.07) is 14.9. The minimum atomic E-state index is -0.208. The van der Waals surface area contributed by atoms with Crippen molar-refractivity contribution < 1.29 is 14.3 Å². The number of hydrogen-bond donors (Lipinski definition) is 3. The summed E-state index contributed by atoms with van der Waals surface area (Å²) in [4.78, 5) is 24.1. The van der Waals surface area contributed by atoms with Gasteiger partial charge in [0.05, 0.1) is 6.61 Å². The number of amides is 3. The summed E-state index contributed by atoms with van der Waals surface area (Å²) >= 11 is 0.